The van der Waals surface area contributed by atoms with Gasteiger partial charge in [0.1, 0.15) is 18.3 Å². The van der Waals surface area contributed by atoms with Gasteiger partial charge in [0, 0.05) is 24.7 Å². The van der Waals surface area contributed by atoms with Crippen LogP contribution in [0.3, 0.4) is 0 Å². The Morgan fingerprint density at radius 2 is 1.89 bits per heavy atom. The highest BCUT2D eigenvalue weighted by molar-refractivity contribution is 5.96. The van der Waals surface area contributed by atoms with E-state index in [1.165, 1.54) is 0 Å². The Balaban J connectivity index is 1.48. The number of benzene rings is 1. The molecule has 2 heterocycles. The van der Waals surface area contributed by atoms with E-state index < -0.39 is 23.9 Å². The molecule has 1 unspecified atom stereocenters. The third kappa shape index (κ3) is 8.15. The summed E-state index contributed by atoms with van der Waals surface area (Å²) in [6.45, 7) is 1.48. The van der Waals surface area contributed by atoms with Gasteiger partial charge < -0.3 is 35.9 Å². The molecule has 0 saturated heterocycles. The second kappa shape index (κ2) is 13.9. The number of H-pyrrole nitrogens is 2. The molecule has 0 bridgehead atoms. The SMILES string of the molecule is CNCCOCCOC(=O)CCC(NC(=O)c1ccc(CCc2c[nH]c3nc(N)[nH]c(=O)c23)cc1)C(=O)O. The van der Waals surface area contributed by atoms with Crippen molar-refractivity contribution in [2.45, 2.75) is 31.7 Å². The van der Waals surface area contributed by atoms with Crippen molar-refractivity contribution in [1.82, 2.24) is 25.6 Å². The van der Waals surface area contributed by atoms with Crippen molar-refractivity contribution >= 4 is 34.8 Å². The van der Waals surface area contributed by atoms with E-state index in [0.717, 1.165) is 11.1 Å². The molecule has 0 spiro atoms. The number of nitrogens with two attached hydrogens (primary N) is 1. The fourth-order valence-corrected chi connectivity index (χ4v) is 3.74. The van der Waals surface area contributed by atoms with Crippen LogP contribution in [0.2, 0.25) is 0 Å². The lowest BCUT2D eigenvalue weighted by Gasteiger charge is -2.14. The lowest BCUT2D eigenvalue weighted by molar-refractivity contribution is -0.146. The minimum atomic E-state index is -1.25. The molecule has 38 heavy (non-hydrogen) atoms. The molecule has 13 nitrogen and oxygen atoms in total. The summed E-state index contributed by atoms with van der Waals surface area (Å²) in [6.07, 6.45) is 2.60. The van der Waals surface area contributed by atoms with Crippen LogP contribution in [-0.4, -0.2) is 77.4 Å². The number of carboxylic acids is 1. The number of aryl methyl sites for hydroxylation is 2. The number of amides is 1. The van der Waals surface area contributed by atoms with Crippen LogP contribution in [0.5, 0.6) is 0 Å². The zero-order valence-electron chi connectivity index (χ0n) is 21.0. The third-order valence-corrected chi connectivity index (χ3v) is 5.77. The number of aromatic nitrogens is 3. The molecule has 0 fully saturated rings. The van der Waals surface area contributed by atoms with Gasteiger partial charge in [0.25, 0.3) is 11.5 Å². The molecule has 0 radical (unpaired) electrons. The van der Waals surface area contributed by atoms with E-state index in [-0.39, 0.29) is 43.1 Å². The van der Waals surface area contributed by atoms with Crippen molar-refractivity contribution in [2.24, 2.45) is 0 Å². The molecule has 7 N–H and O–H groups in total. The third-order valence-electron chi connectivity index (χ3n) is 5.77. The number of ether oxygens (including phenoxy) is 2. The van der Waals surface area contributed by atoms with Crippen molar-refractivity contribution in [1.29, 1.82) is 0 Å². The molecule has 3 rings (SSSR count). The van der Waals surface area contributed by atoms with Gasteiger partial charge in [-0.3, -0.25) is 19.4 Å². The van der Waals surface area contributed by atoms with Gasteiger partial charge >= 0.3 is 11.9 Å². The number of likely N-dealkylation sites (N-methyl/N-ethyl adjacent to an activating group) is 1. The maximum Gasteiger partial charge on any atom is 0.326 e. The number of nitrogen functional groups attached to an aromatic ring is 1. The van der Waals surface area contributed by atoms with Crippen LogP contribution in [0, 0.1) is 0 Å². The van der Waals surface area contributed by atoms with Crippen LogP contribution in [-0.2, 0) is 31.9 Å². The number of hydrogen-bond donors (Lipinski definition) is 6. The summed E-state index contributed by atoms with van der Waals surface area (Å²) >= 11 is 0. The number of aliphatic carboxylic acids is 1. The Labute approximate surface area is 218 Å². The van der Waals surface area contributed by atoms with E-state index in [0.29, 0.717) is 37.0 Å². The first-order valence-electron chi connectivity index (χ1n) is 12.1. The molecular weight excluding hydrogens is 496 g/mol. The van der Waals surface area contributed by atoms with Crippen molar-refractivity contribution < 1.29 is 29.0 Å². The number of anilines is 1. The lowest BCUT2D eigenvalue weighted by atomic mass is 10.0. The van der Waals surface area contributed by atoms with Crippen LogP contribution in [0.25, 0.3) is 11.0 Å². The topological polar surface area (TPSA) is 202 Å². The molecule has 1 aromatic carbocycles. The molecule has 2 aromatic heterocycles. The molecule has 0 aliphatic carbocycles. The van der Waals surface area contributed by atoms with Gasteiger partial charge in [-0.1, -0.05) is 12.1 Å². The van der Waals surface area contributed by atoms with Crippen molar-refractivity contribution in [3.05, 3.63) is 57.5 Å². The first-order valence-corrected chi connectivity index (χ1v) is 12.1. The number of nitrogens with one attached hydrogen (secondary N) is 4. The quantitative estimate of drug-likeness (QED) is 0.118. The Kier molecular flexibility index (Phi) is 10.4. The van der Waals surface area contributed by atoms with Gasteiger partial charge in [0.2, 0.25) is 5.95 Å². The second-order valence-electron chi connectivity index (χ2n) is 8.52. The normalized spacial score (nSPS) is 11.8. The zero-order valence-corrected chi connectivity index (χ0v) is 21.0. The number of fused-ring (bicyclic) bond motifs is 1. The molecule has 0 aliphatic rings. The number of aromatic amines is 2. The first kappa shape index (κ1) is 28.3. The molecule has 3 aromatic rings. The van der Waals surface area contributed by atoms with E-state index in [2.05, 4.69) is 25.6 Å². The molecule has 0 saturated carbocycles. The largest absolute Gasteiger partial charge is 0.480 e. The van der Waals surface area contributed by atoms with Gasteiger partial charge in [-0.05, 0) is 49.6 Å². The van der Waals surface area contributed by atoms with Crippen LogP contribution >= 0.6 is 0 Å². The van der Waals surface area contributed by atoms with E-state index in [4.69, 9.17) is 15.2 Å². The molecule has 204 valence electrons. The predicted octanol–water partition coefficient (Wildman–Crippen LogP) is 0.361. The molecule has 0 aliphatic heterocycles. The highest BCUT2D eigenvalue weighted by atomic mass is 16.6. The Morgan fingerprint density at radius 1 is 1.13 bits per heavy atom. The van der Waals surface area contributed by atoms with E-state index in [1.54, 1.807) is 37.5 Å². The number of carbonyl (C=O) groups excluding carboxylic acids is 2. The maximum absolute atomic E-state index is 12.6. The molecule has 1 atom stereocenters. The average Bonchev–Trinajstić information content (AvgIpc) is 3.30. The lowest BCUT2D eigenvalue weighted by Crippen LogP contribution is -2.41. The van der Waals surface area contributed by atoms with Crippen LogP contribution in [0.4, 0.5) is 5.95 Å². The summed E-state index contributed by atoms with van der Waals surface area (Å²) in [5.41, 5.74) is 7.67. The highest BCUT2D eigenvalue weighted by Gasteiger charge is 2.22. The predicted molar refractivity (Wildman–Crippen MR) is 139 cm³/mol. The first-order chi connectivity index (χ1) is 18.3. The van der Waals surface area contributed by atoms with Gasteiger partial charge in [0.15, 0.2) is 0 Å². The Hall–Kier alpha value is -4.23. The van der Waals surface area contributed by atoms with Crippen molar-refractivity contribution in [3.8, 4) is 0 Å². The number of nitrogens with zero attached hydrogens (tertiary/aromatic N) is 1. The number of esters is 1. The van der Waals surface area contributed by atoms with Gasteiger partial charge in [-0.25, -0.2) is 4.79 Å². The second-order valence-corrected chi connectivity index (χ2v) is 8.52. The fraction of sp³-hybridized carbons (Fsp3) is 0.400. The minimum Gasteiger partial charge on any atom is -0.480 e. The van der Waals surface area contributed by atoms with E-state index in [1.807, 2.05) is 0 Å². The summed E-state index contributed by atoms with van der Waals surface area (Å²) in [5.74, 6) is -2.34. The smallest absolute Gasteiger partial charge is 0.326 e. The molecular formula is C25H32N6O7. The number of hydrogen-bond acceptors (Lipinski definition) is 9. The fourth-order valence-electron chi connectivity index (χ4n) is 3.74. The summed E-state index contributed by atoms with van der Waals surface area (Å²) in [6, 6.07) is 5.46. The Morgan fingerprint density at radius 3 is 2.61 bits per heavy atom. The van der Waals surface area contributed by atoms with Crippen LogP contribution in [0.1, 0.15) is 34.3 Å². The number of rotatable bonds is 15. The van der Waals surface area contributed by atoms with Gasteiger partial charge in [-0.2, -0.15) is 4.98 Å². The molecule has 1 amide bonds. The monoisotopic (exact) mass is 528 g/mol. The summed E-state index contributed by atoms with van der Waals surface area (Å²) in [5, 5.41) is 15.3. The molecule has 13 heteroatoms. The van der Waals surface area contributed by atoms with Gasteiger partial charge in [0.05, 0.1) is 18.6 Å². The van der Waals surface area contributed by atoms with E-state index in [9.17, 15) is 24.3 Å². The van der Waals surface area contributed by atoms with Crippen LogP contribution < -0.4 is 21.9 Å². The summed E-state index contributed by atoms with van der Waals surface area (Å²) < 4.78 is 10.3. The number of carbonyl (C=O) groups is 3. The standard InChI is InChI=1S/C25H32N6O7/c1-27-10-11-37-12-13-38-19(32)9-8-18(24(35)36)29-22(33)16-5-2-15(3-6-16)4-7-17-14-28-21-20(17)23(34)31-25(26)30-21/h2-3,5-6,14,18,27H,4,7-13H2,1H3,(H,29,33)(H,35,36)(H4,26,28,30,31,34). The average molecular weight is 529 g/mol. The van der Waals surface area contributed by atoms with Gasteiger partial charge in [-0.15, -0.1) is 0 Å². The Bertz CT molecular complexity index is 1300. The highest BCUT2D eigenvalue weighted by Crippen LogP contribution is 2.16. The van der Waals surface area contributed by atoms with Crippen molar-refractivity contribution in [2.75, 3.05) is 39.1 Å². The zero-order chi connectivity index (χ0) is 27.5. The van der Waals surface area contributed by atoms with Crippen LogP contribution in [0.15, 0.2) is 35.3 Å². The maximum atomic E-state index is 12.6. The summed E-state index contributed by atoms with van der Waals surface area (Å²) in [7, 11) is 1.80. The number of carboxylic acid groups (broad SMARTS) is 1. The van der Waals surface area contributed by atoms with Crippen molar-refractivity contribution in [3.63, 3.8) is 0 Å². The van der Waals surface area contributed by atoms with E-state index >= 15 is 0 Å². The summed E-state index contributed by atoms with van der Waals surface area (Å²) in [4.78, 5) is 57.8. The minimum absolute atomic E-state index is 0.0382.